The van der Waals surface area contributed by atoms with Gasteiger partial charge in [-0.05, 0) is 41.1 Å². The second-order valence-electron chi connectivity index (χ2n) is 2.63. The molecule has 1 aromatic heterocycles. The quantitative estimate of drug-likeness (QED) is 0.672. The molecule has 0 bridgehead atoms. The van der Waals surface area contributed by atoms with Crippen LogP contribution < -0.4 is 5.73 Å². The molecular weight excluding hydrogens is 289 g/mol. The topological polar surface area (TPSA) is 38.9 Å². The van der Waals surface area contributed by atoms with Crippen molar-refractivity contribution in [2.45, 2.75) is 19.9 Å². The summed E-state index contributed by atoms with van der Waals surface area (Å²) in [5, 5.41) is 0. The number of rotatable bonds is 2. The minimum absolute atomic E-state index is 0.0336. The van der Waals surface area contributed by atoms with Gasteiger partial charge < -0.3 is 5.73 Å². The lowest BCUT2D eigenvalue weighted by molar-refractivity contribution is 0.148. The van der Waals surface area contributed by atoms with E-state index in [1.54, 1.807) is 35.6 Å². The second kappa shape index (κ2) is 4.28. The summed E-state index contributed by atoms with van der Waals surface area (Å²) >= 11 is 1.80. The highest BCUT2D eigenvalue weighted by Crippen LogP contribution is 2.27. The summed E-state index contributed by atoms with van der Waals surface area (Å²) in [7, 11) is 0. The van der Waals surface area contributed by atoms with Crippen LogP contribution in [0.4, 0.5) is 8.78 Å². The van der Waals surface area contributed by atoms with Crippen molar-refractivity contribution in [1.82, 2.24) is 4.98 Å². The number of alkyl halides is 2. The highest BCUT2D eigenvalue weighted by molar-refractivity contribution is 14.1. The summed E-state index contributed by atoms with van der Waals surface area (Å²) in [5.74, 6) is 0. The first-order valence-corrected chi connectivity index (χ1v) is 4.78. The second-order valence-corrected chi connectivity index (χ2v) is 3.65. The van der Waals surface area contributed by atoms with Gasteiger partial charge in [0.2, 0.25) is 0 Å². The fourth-order valence-corrected chi connectivity index (χ4v) is 2.07. The van der Waals surface area contributed by atoms with Crippen molar-refractivity contribution in [1.29, 1.82) is 0 Å². The standard InChI is InChI=1S/C8H9F2IN2/c1-4-2-5(3-12)6(7(9)10)8(11)13-4/h2,7H,3,12H2,1H3. The van der Waals surface area contributed by atoms with Crippen LogP contribution in [0.15, 0.2) is 6.07 Å². The van der Waals surface area contributed by atoms with Gasteiger partial charge in [-0.25, -0.2) is 13.8 Å². The molecule has 0 amide bonds. The Balaban J connectivity index is 3.30. The average Bonchev–Trinajstić information content (AvgIpc) is 2.01. The number of nitrogens with zero attached hydrogens (tertiary/aromatic N) is 1. The molecule has 1 heterocycles. The smallest absolute Gasteiger partial charge is 0.266 e. The average molecular weight is 298 g/mol. The number of pyridine rings is 1. The van der Waals surface area contributed by atoms with Crippen molar-refractivity contribution in [3.63, 3.8) is 0 Å². The van der Waals surface area contributed by atoms with Crippen molar-refractivity contribution in [3.8, 4) is 0 Å². The molecule has 0 aliphatic rings. The lowest BCUT2D eigenvalue weighted by Gasteiger charge is -2.09. The molecule has 72 valence electrons. The number of halogens is 3. The third kappa shape index (κ3) is 2.34. The molecule has 2 N–H and O–H groups in total. The SMILES string of the molecule is Cc1cc(CN)c(C(F)F)c(I)n1. The summed E-state index contributed by atoms with van der Waals surface area (Å²) in [6.45, 7) is 1.88. The third-order valence-electron chi connectivity index (χ3n) is 1.66. The minimum atomic E-state index is -2.50. The predicted octanol–water partition coefficient (Wildman–Crippen LogP) is 2.39. The highest BCUT2D eigenvalue weighted by Gasteiger charge is 2.17. The number of aromatic nitrogens is 1. The first-order chi connectivity index (χ1) is 6.06. The van der Waals surface area contributed by atoms with E-state index in [4.69, 9.17) is 5.73 Å². The number of nitrogens with two attached hydrogens (primary N) is 1. The zero-order valence-electron chi connectivity index (χ0n) is 7.02. The van der Waals surface area contributed by atoms with Crippen LogP contribution in [0.3, 0.4) is 0 Å². The summed E-state index contributed by atoms with van der Waals surface area (Å²) < 4.78 is 25.4. The summed E-state index contributed by atoms with van der Waals surface area (Å²) in [6, 6.07) is 1.60. The van der Waals surface area contributed by atoms with Gasteiger partial charge in [0.05, 0.1) is 5.56 Å². The van der Waals surface area contributed by atoms with E-state index in [9.17, 15) is 8.78 Å². The Labute approximate surface area is 88.7 Å². The molecule has 1 rings (SSSR count). The van der Waals surface area contributed by atoms with Gasteiger partial charge in [0.1, 0.15) is 3.70 Å². The molecule has 0 spiro atoms. The van der Waals surface area contributed by atoms with Crippen LogP contribution in [0.2, 0.25) is 0 Å². The number of aryl methyl sites for hydroxylation is 1. The van der Waals surface area contributed by atoms with Crippen LogP contribution in [-0.2, 0) is 6.54 Å². The number of hydrogen-bond donors (Lipinski definition) is 1. The molecule has 0 saturated carbocycles. The van der Waals surface area contributed by atoms with E-state index in [1.165, 1.54) is 0 Å². The van der Waals surface area contributed by atoms with E-state index >= 15 is 0 Å². The lowest BCUT2D eigenvalue weighted by Crippen LogP contribution is -2.06. The Bertz CT molecular complexity index is 315. The highest BCUT2D eigenvalue weighted by atomic mass is 127. The normalized spacial score (nSPS) is 10.9. The van der Waals surface area contributed by atoms with Gasteiger partial charge in [-0.2, -0.15) is 0 Å². The molecule has 0 saturated heterocycles. The van der Waals surface area contributed by atoms with Crippen LogP contribution in [0.5, 0.6) is 0 Å². The first-order valence-electron chi connectivity index (χ1n) is 3.70. The predicted molar refractivity (Wildman–Crippen MR) is 54.5 cm³/mol. The van der Waals surface area contributed by atoms with Crippen LogP contribution in [0.1, 0.15) is 23.2 Å². The monoisotopic (exact) mass is 298 g/mol. The van der Waals surface area contributed by atoms with Gasteiger partial charge in [-0.15, -0.1) is 0 Å². The van der Waals surface area contributed by atoms with Gasteiger partial charge in [-0.3, -0.25) is 0 Å². The third-order valence-corrected chi connectivity index (χ3v) is 2.49. The molecule has 5 heteroatoms. The van der Waals surface area contributed by atoms with E-state index in [0.717, 1.165) is 0 Å². The first kappa shape index (κ1) is 10.8. The molecule has 0 aliphatic heterocycles. The maximum absolute atomic E-state index is 12.5. The molecule has 0 aliphatic carbocycles. The van der Waals surface area contributed by atoms with Gasteiger partial charge in [0, 0.05) is 12.2 Å². The van der Waals surface area contributed by atoms with Gasteiger partial charge in [-0.1, -0.05) is 0 Å². The van der Waals surface area contributed by atoms with Crippen LogP contribution in [-0.4, -0.2) is 4.98 Å². The Morgan fingerprint density at radius 2 is 2.23 bits per heavy atom. The summed E-state index contributed by atoms with van der Waals surface area (Å²) in [4.78, 5) is 3.95. The number of hydrogen-bond acceptors (Lipinski definition) is 2. The van der Waals surface area contributed by atoms with Crippen LogP contribution in [0.25, 0.3) is 0 Å². The Morgan fingerprint density at radius 3 is 2.69 bits per heavy atom. The van der Waals surface area contributed by atoms with Crippen LogP contribution >= 0.6 is 22.6 Å². The largest absolute Gasteiger partial charge is 0.326 e. The van der Waals surface area contributed by atoms with Gasteiger partial charge in [0.15, 0.2) is 0 Å². The van der Waals surface area contributed by atoms with E-state index in [1.807, 2.05) is 0 Å². The van der Waals surface area contributed by atoms with Crippen molar-refractivity contribution in [2.24, 2.45) is 5.73 Å². The van der Waals surface area contributed by atoms with Crippen molar-refractivity contribution >= 4 is 22.6 Å². The fraction of sp³-hybridized carbons (Fsp3) is 0.375. The molecular formula is C8H9F2IN2. The zero-order valence-corrected chi connectivity index (χ0v) is 9.18. The van der Waals surface area contributed by atoms with E-state index in [-0.39, 0.29) is 12.1 Å². The molecule has 13 heavy (non-hydrogen) atoms. The summed E-state index contributed by atoms with van der Waals surface area (Å²) in [6.07, 6.45) is -2.50. The zero-order chi connectivity index (χ0) is 10.0. The van der Waals surface area contributed by atoms with E-state index in [2.05, 4.69) is 4.98 Å². The Morgan fingerprint density at radius 1 is 1.62 bits per heavy atom. The fourth-order valence-electron chi connectivity index (χ4n) is 1.11. The summed E-state index contributed by atoms with van der Waals surface area (Å²) in [5.41, 5.74) is 6.52. The lowest BCUT2D eigenvalue weighted by atomic mass is 10.1. The molecule has 2 nitrogen and oxygen atoms in total. The molecule has 0 aromatic carbocycles. The maximum Gasteiger partial charge on any atom is 0.266 e. The molecule has 0 radical (unpaired) electrons. The van der Waals surface area contributed by atoms with E-state index in [0.29, 0.717) is 15.0 Å². The van der Waals surface area contributed by atoms with Gasteiger partial charge >= 0.3 is 0 Å². The van der Waals surface area contributed by atoms with Crippen molar-refractivity contribution in [2.75, 3.05) is 0 Å². The van der Waals surface area contributed by atoms with Crippen LogP contribution in [0, 0.1) is 10.6 Å². The molecule has 0 atom stereocenters. The Hall–Kier alpha value is -0.300. The molecule has 0 unspecified atom stereocenters. The maximum atomic E-state index is 12.5. The Kier molecular flexibility index (Phi) is 3.55. The van der Waals surface area contributed by atoms with Gasteiger partial charge in [0.25, 0.3) is 6.43 Å². The molecule has 0 fully saturated rings. The van der Waals surface area contributed by atoms with Crippen molar-refractivity contribution < 1.29 is 8.78 Å². The van der Waals surface area contributed by atoms with E-state index < -0.39 is 6.43 Å². The minimum Gasteiger partial charge on any atom is -0.326 e. The van der Waals surface area contributed by atoms with Crippen molar-refractivity contribution in [3.05, 3.63) is 26.6 Å². The molecule has 1 aromatic rings.